The van der Waals surface area contributed by atoms with Crippen molar-refractivity contribution in [1.29, 1.82) is 0 Å². The third-order valence-electron chi connectivity index (χ3n) is 3.12. The summed E-state index contributed by atoms with van der Waals surface area (Å²) in [6.45, 7) is 11.8. The van der Waals surface area contributed by atoms with Crippen molar-refractivity contribution in [3.05, 3.63) is 35.6 Å². The standard InChI is InChI=1S/C16H23NO/c1-11(2)17-10-14-9-12-8-13(16(3,4)5)6-7-15(12)18-14/h6-9,11,17H,10H2,1-5H3. The number of hydrogen-bond acceptors (Lipinski definition) is 2. The van der Waals surface area contributed by atoms with E-state index in [4.69, 9.17) is 4.42 Å². The van der Waals surface area contributed by atoms with E-state index < -0.39 is 0 Å². The third-order valence-corrected chi connectivity index (χ3v) is 3.12. The Morgan fingerprint density at radius 2 is 1.89 bits per heavy atom. The van der Waals surface area contributed by atoms with E-state index in [1.807, 2.05) is 0 Å². The molecule has 0 spiro atoms. The van der Waals surface area contributed by atoms with Gasteiger partial charge in [0.1, 0.15) is 11.3 Å². The number of rotatable bonds is 3. The Morgan fingerprint density at radius 1 is 1.17 bits per heavy atom. The normalized spacial score (nSPS) is 12.6. The SMILES string of the molecule is CC(C)NCc1cc2cc(C(C)(C)C)ccc2o1. The van der Waals surface area contributed by atoms with E-state index in [2.05, 4.69) is 64.2 Å². The molecule has 2 nitrogen and oxygen atoms in total. The summed E-state index contributed by atoms with van der Waals surface area (Å²) in [6.07, 6.45) is 0. The van der Waals surface area contributed by atoms with Crippen LogP contribution in [0.1, 0.15) is 45.9 Å². The molecule has 1 N–H and O–H groups in total. The number of furan rings is 1. The van der Waals surface area contributed by atoms with Crippen LogP contribution in [0.25, 0.3) is 11.0 Å². The van der Waals surface area contributed by atoms with Crippen molar-refractivity contribution >= 4 is 11.0 Å². The molecule has 2 aromatic rings. The van der Waals surface area contributed by atoms with Crippen LogP contribution in [-0.4, -0.2) is 6.04 Å². The van der Waals surface area contributed by atoms with Crippen LogP contribution in [0.2, 0.25) is 0 Å². The summed E-state index contributed by atoms with van der Waals surface area (Å²) in [4.78, 5) is 0. The molecule has 0 saturated carbocycles. The Balaban J connectivity index is 2.28. The van der Waals surface area contributed by atoms with Crippen LogP contribution in [0.4, 0.5) is 0 Å². The second-order valence-electron chi connectivity index (χ2n) is 6.25. The summed E-state index contributed by atoms with van der Waals surface area (Å²) >= 11 is 0. The topological polar surface area (TPSA) is 25.2 Å². The number of benzene rings is 1. The van der Waals surface area contributed by atoms with Crippen LogP contribution < -0.4 is 5.32 Å². The third kappa shape index (κ3) is 2.94. The van der Waals surface area contributed by atoms with E-state index in [9.17, 15) is 0 Å². The quantitative estimate of drug-likeness (QED) is 0.875. The molecule has 0 unspecified atom stereocenters. The highest BCUT2D eigenvalue weighted by molar-refractivity contribution is 5.79. The Bertz CT molecular complexity index is 532. The minimum atomic E-state index is 0.182. The monoisotopic (exact) mass is 245 g/mol. The molecule has 1 heterocycles. The van der Waals surface area contributed by atoms with Crippen LogP contribution in [0, 0.1) is 0 Å². The zero-order chi connectivity index (χ0) is 13.3. The van der Waals surface area contributed by atoms with E-state index in [0.717, 1.165) is 17.9 Å². The number of nitrogens with one attached hydrogen (secondary N) is 1. The lowest BCUT2D eigenvalue weighted by Crippen LogP contribution is -2.21. The lowest BCUT2D eigenvalue weighted by Gasteiger charge is -2.18. The molecule has 2 rings (SSSR count). The van der Waals surface area contributed by atoms with E-state index in [0.29, 0.717) is 6.04 Å². The molecule has 0 aliphatic rings. The molecule has 0 atom stereocenters. The first-order valence-corrected chi connectivity index (χ1v) is 6.62. The van der Waals surface area contributed by atoms with Crippen LogP contribution in [-0.2, 0) is 12.0 Å². The molecular weight excluding hydrogens is 222 g/mol. The summed E-state index contributed by atoms with van der Waals surface area (Å²) < 4.78 is 5.82. The van der Waals surface area contributed by atoms with Gasteiger partial charge in [0.25, 0.3) is 0 Å². The maximum absolute atomic E-state index is 5.82. The summed E-state index contributed by atoms with van der Waals surface area (Å²) in [5, 5.41) is 4.57. The molecule has 0 radical (unpaired) electrons. The minimum absolute atomic E-state index is 0.182. The summed E-state index contributed by atoms with van der Waals surface area (Å²) in [6, 6.07) is 9.08. The summed E-state index contributed by atoms with van der Waals surface area (Å²) in [5.74, 6) is 1.00. The first-order valence-electron chi connectivity index (χ1n) is 6.62. The first kappa shape index (κ1) is 13.2. The van der Waals surface area contributed by atoms with E-state index in [-0.39, 0.29) is 5.41 Å². The Morgan fingerprint density at radius 3 is 2.50 bits per heavy atom. The van der Waals surface area contributed by atoms with Gasteiger partial charge in [-0.1, -0.05) is 40.7 Å². The highest BCUT2D eigenvalue weighted by Gasteiger charge is 2.15. The molecule has 0 amide bonds. The minimum Gasteiger partial charge on any atom is -0.460 e. The van der Waals surface area contributed by atoms with Crippen molar-refractivity contribution < 1.29 is 4.42 Å². The van der Waals surface area contributed by atoms with Crippen molar-refractivity contribution in [2.45, 2.75) is 52.6 Å². The lowest BCUT2D eigenvalue weighted by atomic mass is 9.86. The molecular formula is C16H23NO. The molecule has 0 aliphatic carbocycles. The zero-order valence-corrected chi connectivity index (χ0v) is 12.0. The Hall–Kier alpha value is -1.28. The van der Waals surface area contributed by atoms with E-state index >= 15 is 0 Å². The second-order valence-corrected chi connectivity index (χ2v) is 6.25. The molecule has 1 aromatic carbocycles. The van der Waals surface area contributed by atoms with Crippen molar-refractivity contribution in [2.24, 2.45) is 0 Å². The van der Waals surface area contributed by atoms with Crippen LogP contribution in [0.3, 0.4) is 0 Å². The average Bonchev–Trinajstić information content (AvgIpc) is 2.66. The molecule has 0 saturated heterocycles. The van der Waals surface area contributed by atoms with Gasteiger partial charge in [-0.05, 0) is 29.2 Å². The van der Waals surface area contributed by atoms with Gasteiger partial charge in [0.2, 0.25) is 0 Å². The smallest absolute Gasteiger partial charge is 0.134 e. The number of hydrogen-bond donors (Lipinski definition) is 1. The fourth-order valence-corrected chi connectivity index (χ4v) is 1.96. The van der Waals surface area contributed by atoms with Gasteiger partial charge in [-0.2, -0.15) is 0 Å². The zero-order valence-electron chi connectivity index (χ0n) is 12.0. The fourth-order valence-electron chi connectivity index (χ4n) is 1.96. The van der Waals surface area contributed by atoms with Gasteiger partial charge < -0.3 is 9.73 Å². The van der Waals surface area contributed by atoms with Crippen molar-refractivity contribution in [2.75, 3.05) is 0 Å². The van der Waals surface area contributed by atoms with Crippen molar-refractivity contribution in [3.8, 4) is 0 Å². The molecule has 98 valence electrons. The average molecular weight is 245 g/mol. The van der Waals surface area contributed by atoms with Gasteiger partial charge in [-0.25, -0.2) is 0 Å². The van der Waals surface area contributed by atoms with Crippen LogP contribution in [0.5, 0.6) is 0 Å². The van der Waals surface area contributed by atoms with Gasteiger partial charge in [-0.15, -0.1) is 0 Å². The van der Waals surface area contributed by atoms with Gasteiger partial charge in [-0.3, -0.25) is 0 Å². The van der Waals surface area contributed by atoms with Gasteiger partial charge >= 0.3 is 0 Å². The Labute approximate surface area is 109 Å². The summed E-state index contributed by atoms with van der Waals surface area (Å²) in [7, 11) is 0. The van der Waals surface area contributed by atoms with Crippen molar-refractivity contribution in [1.82, 2.24) is 5.32 Å². The van der Waals surface area contributed by atoms with Crippen LogP contribution >= 0.6 is 0 Å². The van der Waals surface area contributed by atoms with E-state index in [1.165, 1.54) is 10.9 Å². The molecule has 2 heteroatoms. The lowest BCUT2D eigenvalue weighted by molar-refractivity contribution is 0.488. The highest BCUT2D eigenvalue weighted by atomic mass is 16.3. The predicted molar refractivity (Wildman–Crippen MR) is 76.9 cm³/mol. The fraction of sp³-hybridized carbons (Fsp3) is 0.500. The maximum atomic E-state index is 5.82. The van der Waals surface area contributed by atoms with Crippen molar-refractivity contribution in [3.63, 3.8) is 0 Å². The maximum Gasteiger partial charge on any atom is 0.134 e. The first-order chi connectivity index (χ1) is 8.36. The van der Waals surface area contributed by atoms with E-state index in [1.54, 1.807) is 0 Å². The van der Waals surface area contributed by atoms with Gasteiger partial charge in [0.05, 0.1) is 6.54 Å². The molecule has 0 aliphatic heterocycles. The highest BCUT2D eigenvalue weighted by Crippen LogP contribution is 2.27. The van der Waals surface area contributed by atoms with Gasteiger partial charge in [0, 0.05) is 11.4 Å². The molecule has 18 heavy (non-hydrogen) atoms. The second kappa shape index (κ2) is 4.77. The molecule has 0 bridgehead atoms. The molecule has 1 aromatic heterocycles. The Kier molecular flexibility index (Phi) is 3.49. The molecule has 0 fully saturated rings. The summed E-state index contributed by atoms with van der Waals surface area (Å²) in [5.41, 5.74) is 2.50. The number of fused-ring (bicyclic) bond motifs is 1. The largest absolute Gasteiger partial charge is 0.460 e. The predicted octanol–water partition coefficient (Wildman–Crippen LogP) is 4.23. The van der Waals surface area contributed by atoms with Crippen LogP contribution in [0.15, 0.2) is 28.7 Å². The van der Waals surface area contributed by atoms with Gasteiger partial charge in [0.15, 0.2) is 0 Å².